The lowest BCUT2D eigenvalue weighted by molar-refractivity contribution is -0.138. The largest absolute Gasteiger partial charge is 0.416 e. The van der Waals surface area contributed by atoms with Gasteiger partial charge in [-0.3, -0.25) is 4.79 Å². The summed E-state index contributed by atoms with van der Waals surface area (Å²) in [5, 5.41) is 2.50. The molecule has 0 radical (unpaired) electrons. The van der Waals surface area contributed by atoms with Gasteiger partial charge in [0.1, 0.15) is 4.90 Å². The van der Waals surface area contributed by atoms with Gasteiger partial charge in [0.15, 0.2) is 5.84 Å². The first-order valence-electron chi connectivity index (χ1n) is 11.2. The number of amides is 1. The number of sulfonamides is 1. The summed E-state index contributed by atoms with van der Waals surface area (Å²) in [5.41, 5.74) is 1.06. The number of carbonyl (C=O) groups excluding carboxylic acids is 1. The number of anilines is 2. The molecule has 0 saturated heterocycles. The highest BCUT2D eigenvalue weighted by Crippen LogP contribution is 2.36. The van der Waals surface area contributed by atoms with Crippen molar-refractivity contribution in [2.24, 2.45) is 4.40 Å². The van der Waals surface area contributed by atoms with Crippen LogP contribution in [-0.2, 0) is 16.2 Å². The number of alkyl halides is 3. The molecule has 0 spiro atoms. The fourth-order valence-corrected chi connectivity index (χ4v) is 5.31. The molecule has 10 heteroatoms. The van der Waals surface area contributed by atoms with Gasteiger partial charge in [0.05, 0.1) is 11.3 Å². The maximum atomic E-state index is 13.3. The number of fused-ring (bicyclic) bond motifs is 1. The minimum atomic E-state index is -4.60. The average Bonchev–Trinajstić information content (AvgIpc) is 2.80. The number of hydrogen-bond acceptors (Lipinski definition) is 4. The van der Waals surface area contributed by atoms with Crippen molar-refractivity contribution in [3.05, 3.63) is 88.5 Å². The van der Waals surface area contributed by atoms with Crippen LogP contribution in [0, 0.1) is 13.8 Å². The van der Waals surface area contributed by atoms with E-state index in [2.05, 4.69) is 9.71 Å². The highest BCUT2D eigenvalue weighted by atomic mass is 32.2. The van der Waals surface area contributed by atoms with Crippen LogP contribution in [0.2, 0.25) is 0 Å². The zero-order chi connectivity index (χ0) is 26.3. The van der Waals surface area contributed by atoms with Gasteiger partial charge < -0.3 is 10.2 Å². The second kappa shape index (κ2) is 9.42. The van der Waals surface area contributed by atoms with Crippen LogP contribution < -0.4 is 10.2 Å². The van der Waals surface area contributed by atoms with Crippen molar-refractivity contribution >= 4 is 33.1 Å². The summed E-state index contributed by atoms with van der Waals surface area (Å²) in [6.07, 6.45) is -3.88. The maximum absolute atomic E-state index is 13.3. The zero-order valence-electron chi connectivity index (χ0n) is 19.8. The van der Waals surface area contributed by atoms with E-state index in [9.17, 15) is 26.4 Å². The van der Waals surface area contributed by atoms with Gasteiger partial charge in [-0.05, 0) is 62.2 Å². The van der Waals surface area contributed by atoms with Crippen molar-refractivity contribution in [2.75, 3.05) is 16.8 Å². The zero-order valence-corrected chi connectivity index (χ0v) is 20.7. The molecule has 0 aromatic heterocycles. The summed E-state index contributed by atoms with van der Waals surface area (Å²) in [6, 6.07) is 15.0. The van der Waals surface area contributed by atoms with E-state index in [1.54, 1.807) is 12.1 Å². The van der Waals surface area contributed by atoms with Crippen LogP contribution in [0.3, 0.4) is 0 Å². The molecule has 0 fully saturated rings. The number of nitrogens with one attached hydrogen (secondary N) is 1. The third kappa shape index (κ3) is 4.99. The summed E-state index contributed by atoms with van der Waals surface area (Å²) < 4.78 is 70.1. The van der Waals surface area contributed by atoms with E-state index in [0.717, 1.165) is 18.1 Å². The maximum Gasteiger partial charge on any atom is 0.416 e. The summed E-state index contributed by atoms with van der Waals surface area (Å²) in [7, 11) is -4.11. The van der Waals surface area contributed by atoms with Gasteiger partial charge in [0.2, 0.25) is 0 Å². The molecule has 0 aliphatic carbocycles. The summed E-state index contributed by atoms with van der Waals surface area (Å²) in [5.74, 6) is -0.479. The van der Waals surface area contributed by atoms with E-state index in [0.29, 0.717) is 23.6 Å². The standard InChI is InChI=1S/C26H24F3N3O3S/c1-4-12-32-22-11-10-20(30-25(33)19-9-8-17(3)21(14-19)26(27,28)29)15-23(22)36(34,35)31-24(32)18-7-5-6-16(2)13-18/h5-11,13-15H,4,12H2,1-3H3,(H,30,33). The molecule has 0 bridgehead atoms. The van der Waals surface area contributed by atoms with E-state index in [4.69, 9.17) is 0 Å². The number of hydrogen-bond donors (Lipinski definition) is 1. The number of benzene rings is 3. The van der Waals surface area contributed by atoms with Crippen LogP contribution in [0.4, 0.5) is 24.5 Å². The Morgan fingerprint density at radius 2 is 1.78 bits per heavy atom. The quantitative estimate of drug-likeness (QED) is 0.456. The van der Waals surface area contributed by atoms with E-state index in [-0.39, 0.29) is 21.7 Å². The Morgan fingerprint density at radius 3 is 2.44 bits per heavy atom. The van der Waals surface area contributed by atoms with Gasteiger partial charge in [-0.1, -0.05) is 36.8 Å². The SMILES string of the molecule is CCCN1C(c2cccc(C)c2)=NS(=O)(=O)c2cc(NC(=O)c3ccc(C)c(C(F)(F)F)c3)ccc21. The van der Waals surface area contributed by atoms with Gasteiger partial charge >= 0.3 is 6.18 Å². The highest BCUT2D eigenvalue weighted by Gasteiger charge is 2.34. The number of nitrogens with zero attached hydrogens (tertiary/aromatic N) is 2. The lowest BCUT2D eigenvalue weighted by Crippen LogP contribution is -2.37. The normalized spacial score (nSPS) is 14.7. The molecule has 3 aromatic rings. The number of halogens is 3. The molecule has 188 valence electrons. The molecule has 4 rings (SSSR count). The molecular weight excluding hydrogens is 491 g/mol. The monoisotopic (exact) mass is 515 g/mol. The van der Waals surface area contributed by atoms with E-state index in [1.165, 1.54) is 31.2 Å². The first kappa shape index (κ1) is 25.4. The van der Waals surface area contributed by atoms with Crippen molar-refractivity contribution in [3.63, 3.8) is 0 Å². The Hall–Kier alpha value is -3.66. The predicted octanol–water partition coefficient (Wildman–Crippen LogP) is 5.94. The second-order valence-electron chi connectivity index (χ2n) is 8.58. The lowest BCUT2D eigenvalue weighted by Gasteiger charge is -2.31. The Labute approximate surface area is 207 Å². The minimum absolute atomic E-state index is 0.00258. The number of amidine groups is 1. The van der Waals surface area contributed by atoms with Crippen molar-refractivity contribution in [2.45, 2.75) is 38.3 Å². The summed E-state index contributed by atoms with van der Waals surface area (Å²) in [6.45, 7) is 5.68. The molecule has 0 atom stereocenters. The molecular formula is C26H24F3N3O3S. The topological polar surface area (TPSA) is 78.8 Å². The number of aryl methyl sites for hydroxylation is 2. The molecule has 0 saturated carbocycles. The lowest BCUT2D eigenvalue weighted by atomic mass is 10.0. The number of carbonyl (C=O) groups is 1. The molecule has 1 amide bonds. The Morgan fingerprint density at radius 1 is 1.03 bits per heavy atom. The van der Waals surface area contributed by atoms with E-state index in [1.807, 2.05) is 36.9 Å². The summed E-state index contributed by atoms with van der Waals surface area (Å²) in [4.78, 5) is 14.4. The molecule has 3 aromatic carbocycles. The van der Waals surface area contributed by atoms with Crippen LogP contribution in [0.15, 0.2) is 70.0 Å². The molecule has 1 heterocycles. The minimum Gasteiger partial charge on any atom is -0.324 e. The third-order valence-corrected chi connectivity index (χ3v) is 7.07. The first-order valence-corrected chi connectivity index (χ1v) is 12.7. The smallest absolute Gasteiger partial charge is 0.324 e. The van der Waals surface area contributed by atoms with Gasteiger partial charge in [0.25, 0.3) is 15.9 Å². The molecule has 1 aliphatic rings. The number of rotatable bonds is 5. The van der Waals surface area contributed by atoms with Gasteiger partial charge in [-0.15, -0.1) is 4.40 Å². The Kier molecular flexibility index (Phi) is 6.66. The van der Waals surface area contributed by atoms with Gasteiger partial charge in [-0.25, -0.2) is 0 Å². The molecule has 6 nitrogen and oxygen atoms in total. The third-order valence-electron chi connectivity index (χ3n) is 5.78. The van der Waals surface area contributed by atoms with E-state index >= 15 is 0 Å². The second-order valence-corrected chi connectivity index (χ2v) is 10.1. The van der Waals surface area contributed by atoms with Gasteiger partial charge in [-0.2, -0.15) is 21.6 Å². The van der Waals surface area contributed by atoms with Crippen molar-refractivity contribution < 1.29 is 26.4 Å². The van der Waals surface area contributed by atoms with Crippen LogP contribution in [0.5, 0.6) is 0 Å². The molecule has 1 aliphatic heterocycles. The van der Waals surface area contributed by atoms with E-state index < -0.39 is 27.7 Å². The fraction of sp³-hybridized carbons (Fsp3) is 0.231. The van der Waals surface area contributed by atoms with Crippen LogP contribution in [0.25, 0.3) is 0 Å². The first-order chi connectivity index (χ1) is 16.9. The Bertz CT molecular complexity index is 1480. The van der Waals surface area contributed by atoms with Crippen LogP contribution in [-0.4, -0.2) is 26.7 Å². The average molecular weight is 516 g/mol. The summed E-state index contributed by atoms with van der Waals surface area (Å²) >= 11 is 0. The van der Waals surface area contributed by atoms with Crippen molar-refractivity contribution in [1.82, 2.24) is 0 Å². The molecule has 0 unspecified atom stereocenters. The van der Waals surface area contributed by atoms with Gasteiger partial charge in [0, 0.05) is 23.4 Å². The van der Waals surface area contributed by atoms with Crippen LogP contribution >= 0.6 is 0 Å². The molecule has 36 heavy (non-hydrogen) atoms. The highest BCUT2D eigenvalue weighted by molar-refractivity contribution is 7.90. The van der Waals surface area contributed by atoms with Crippen LogP contribution in [0.1, 0.15) is 46.0 Å². The van der Waals surface area contributed by atoms with Crippen molar-refractivity contribution in [3.8, 4) is 0 Å². The molecule has 1 N–H and O–H groups in total. The predicted molar refractivity (Wildman–Crippen MR) is 133 cm³/mol. The van der Waals surface area contributed by atoms with Crippen molar-refractivity contribution in [1.29, 1.82) is 0 Å². The Balaban J connectivity index is 1.70. The fourth-order valence-electron chi connectivity index (χ4n) is 4.06.